The lowest BCUT2D eigenvalue weighted by Gasteiger charge is -2.18. The monoisotopic (exact) mass is 273 g/mol. The minimum Gasteiger partial charge on any atom is -0.289 e. The van der Waals surface area contributed by atoms with Gasteiger partial charge in [-0.1, -0.05) is 56.6 Å². The maximum atomic E-state index is 12.2. The summed E-state index contributed by atoms with van der Waals surface area (Å²) in [5.74, 6) is -0.0374. The fourth-order valence-electron chi connectivity index (χ4n) is 1.80. The normalized spacial score (nSPS) is 11.4. The van der Waals surface area contributed by atoms with Crippen molar-refractivity contribution in [2.24, 2.45) is 0 Å². The standard InChI is InChI=1S/C16H16ClNO/c1-16(2,3)13-7-4-11(5-8-13)15(19)12-6-9-14(17)18-10-12/h4-10H,1-3H3. The van der Waals surface area contributed by atoms with Crippen LogP contribution in [-0.2, 0) is 5.41 Å². The number of aromatic nitrogens is 1. The molecule has 0 unspecified atom stereocenters. The third kappa shape index (κ3) is 3.21. The average molecular weight is 274 g/mol. The number of ketones is 1. The minimum atomic E-state index is -0.0374. The summed E-state index contributed by atoms with van der Waals surface area (Å²) >= 11 is 5.71. The number of pyridine rings is 1. The van der Waals surface area contributed by atoms with Crippen molar-refractivity contribution in [3.8, 4) is 0 Å². The second-order valence-electron chi connectivity index (χ2n) is 5.53. The first-order valence-corrected chi connectivity index (χ1v) is 6.52. The molecule has 2 nitrogen and oxygen atoms in total. The van der Waals surface area contributed by atoms with Gasteiger partial charge in [-0.3, -0.25) is 4.79 Å². The van der Waals surface area contributed by atoms with Crippen LogP contribution in [0.4, 0.5) is 0 Å². The van der Waals surface area contributed by atoms with Gasteiger partial charge in [0, 0.05) is 17.3 Å². The first kappa shape index (κ1) is 13.8. The number of halogens is 1. The SMILES string of the molecule is CC(C)(C)c1ccc(C(=O)c2ccc(Cl)nc2)cc1. The lowest BCUT2D eigenvalue weighted by molar-refractivity contribution is 0.103. The quantitative estimate of drug-likeness (QED) is 0.604. The molecule has 0 saturated carbocycles. The molecule has 0 aliphatic rings. The molecular formula is C16H16ClNO. The summed E-state index contributed by atoms with van der Waals surface area (Å²) in [6, 6.07) is 11.0. The lowest BCUT2D eigenvalue weighted by Crippen LogP contribution is -2.11. The molecule has 0 radical (unpaired) electrons. The van der Waals surface area contributed by atoms with Gasteiger partial charge in [-0.2, -0.15) is 0 Å². The molecule has 2 rings (SSSR count). The molecular weight excluding hydrogens is 258 g/mol. The summed E-state index contributed by atoms with van der Waals surface area (Å²) in [5.41, 5.74) is 2.51. The van der Waals surface area contributed by atoms with E-state index in [0.717, 1.165) is 0 Å². The van der Waals surface area contributed by atoms with Crippen LogP contribution in [0.5, 0.6) is 0 Å². The maximum Gasteiger partial charge on any atom is 0.194 e. The molecule has 0 aliphatic heterocycles. The Morgan fingerprint density at radius 1 is 1.00 bits per heavy atom. The van der Waals surface area contributed by atoms with E-state index >= 15 is 0 Å². The van der Waals surface area contributed by atoms with Crippen LogP contribution in [0.25, 0.3) is 0 Å². The molecule has 0 bridgehead atoms. The van der Waals surface area contributed by atoms with Crippen molar-refractivity contribution >= 4 is 17.4 Å². The van der Waals surface area contributed by atoms with E-state index in [1.54, 1.807) is 12.1 Å². The Morgan fingerprint density at radius 3 is 2.05 bits per heavy atom. The van der Waals surface area contributed by atoms with Crippen LogP contribution in [0.1, 0.15) is 42.3 Å². The van der Waals surface area contributed by atoms with E-state index in [2.05, 4.69) is 25.8 Å². The summed E-state index contributed by atoms with van der Waals surface area (Å²) < 4.78 is 0. The molecule has 19 heavy (non-hydrogen) atoms. The Kier molecular flexibility index (Phi) is 3.72. The molecule has 0 amide bonds. The molecule has 0 atom stereocenters. The molecule has 0 spiro atoms. The van der Waals surface area contributed by atoms with Gasteiger partial charge >= 0.3 is 0 Å². The number of carbonyl (C=O) groups excluding carboxylic acids is 1. The second kappa shape index (κ2) is 5.14. The number of carbonyl (C=O) groups is 1. The van der Waals surface area contributed by atoms with Crippen molar-refractivity contribution in [2.75, 3.05) is 0 Å². The van der Waals surface area contributed by atoms with E-state index in [1.807, 2.05) is 24.3 Å². The Hall–Kier alpha value is -1.67. The van der Waals surface area contributed by atoms with Crippen LogP contribution in [0, 0.1) is 0 Å². The molecule has 0 fully saturated rings. The van der Waals surface area contributed by atoms with E-state index in [9.17, 15) is 4.79 Å². The van der Waals surface area contributed by atoms with Gasteiger partial charge in [0.2, 0.25) is 0 Å². The number of benzene rings is 1. The van der Waals surface area contributed by atoms with Gasteiger partial charge in [-0.15, -0.1) is 0 Å². The van der Waals surface area contributed by atoms with Crippen molar-refractivity contribution in [2.45, 2.75) is 26.2 Å². The number of nitrogens with zero attached hydrogens (tertiary/aromatic N) is 1. The third-order valence-electron chi connectivity index (χ3n) is 3.00. The molecule has 2 aromatic rings. The molecule has 3 heteroatoms. The van der Waals surface area contributed by atoms with Crippen LogP contribution in [0.2, 0.25) is 5.15 Å². The van der Waals surface area contributed by atoms with Gasteiger partial charge in [0.05, 0.1) is 0 Å². The van der Waals surface area contributed by atoms with E-state index < -0.39 is 0 Å². The minimum absolute atomic E-state index is 0.0374. The summed E-state index contributed by atoms with van der Waals surface area (Å²) in [6.45, 7) is 6.44. The van der Waals surface area contributed by atoms with Crippen LogP contribution in [0.3, 0.4) is 0 Å². The second-order valence-corrected chi connectivity index (χ2v) is 5.91. The highest BCUT2D eigenvalue weighted by molar-refractivity contribution is 6.29. The summed E-state index contributed by atoms with van der Waals surface area (Å²) in [6.07, 6.45) is 1.50. The number of hydrogen-bond donors (Lipinski definition) is 0. The lowest BCUT2D eigenvalue weighted by atomic mass is 9.86. The van der Waals surface area contributed by atoms with Crippen molar-refractivity contribution < 1.29 is 4.79 Å². The number of hydrogen-bond acceptors (Lipinski definition) is 2. The van der Waals surface area contributed by atoms with Crippen molar-refractivity contribution in [1.29, 1.82) is 0 Å². The van der Waals surface area contributed by atoms with Crippen LogP contribution in [-0.4, -0.2) is 10.8 Å². The molecule has 1 aromatic heterocycles. The number of rotatable bonds is 2. The zero-order valence-corrected chi connectivity index (χ0v) is 12.0. The predicted molar refractivity (Wildman–Crippen MR) is 77.8 cm³/mol. The zero-order valence-electron chi connectivity index (χ0n) is 11.3. The van der Waals surface area contributed by atoms with Gasteiger partial charge < -0.3 is 0 Å². The molecule has 0 N–H and O–H groups in total. The highest BCUT2D eigenvalue weighted by atomic mass is 35.5. The highest BCUT2D eigenvalue weighted by Crippen LogP contribution is 2.23. The topological polar surface area (TPSA) is 30.0 Å². The molecule has 0 aliphatic carbocycles. The highest BCUT2D eigenvalue weighted by Gasteiger charge is 2.15. The fraction of sp³-hybridized carbons (Fsp3) is 0.250. The smallest absolute Gasteiger partial charge is 0.194 e. The Morgan fingerprint density at radius 2 is 1.58 bits per heavy atom. The Labute approximate surface area is 118 Å². The average Bonchev–Trinajstić information content (AvgIpc) is 2.38. The van der Waals surface area contributed by atoms with Gasteiger partial charge in [0.15, 0.2) is 5.78 Å². The van der Waals surface area contributed by atoms with Crippen molar-refractivity contribution in [3.63, 3.8) is 0 Å². The van der Waals surface area contributed by atoms with E-state index in [4.69, 9.17) is 11.6 Å². The van der Waals surface area contributed by atoms with Crippen LogP contribution >= 0.6 is 11.6 Å². The summed E-state index contributed by atoms with van der Waals surface area (Å²) in [5, 5.41) is 0.389. The van der Waals surface area contributed by atoms with Gasteiger partial charge in [0.1, 0.15) is 5.15 Å². The molecule has 1 aromatic carbocycles. The van der Waals surface area contributed by atoms with Crippen molar-refractivity contribution in [1.82, 2.24) is 4.98 Å². The van der Waals surface area contributed by atoms with Gasteiger partial charge in [0.25, 0.3) is 0 Å². The molecule has 0 saturated heterocycles. The summed E-state index contributed by atoms with van der Waals surface area (Å²) in [4.78, 5) is 16.2. The van der Waals surface area contributed by atoms with Crippen LogP contribution < -0.4 is 0 Å². The van der Waals surface area contributed by atoms with E-state index in [-0.39, 0.29) is 11.2 Å². The molecule has 1 heterocycles. The fourth-order valence-corrected chi connectivity index (χ4v) is 1.91. The first-order valence-electron chi connectivity index (χ1n) is 6.15. The van der Waals surface area contributed by atoms with Crippen LogP contribution in [0.15, 0.2) is 42.6 Å². The zero-order chi connectivity index (χ0) is 14.0. The Balaban J connectivity index is 2.27. The van der Waals surface area contributed by atoms with E-state index in [1.165, 1.54) is 11.8 Å². The van der Waals surface area contributed by atoms with Gasteiger partial charge in [-0.25, -0.2) is 4.98 Å². The summed E-state index contributed by atoms with van der Waals surface area (Å²) in [7, 11) is 0. The third-order valence-corrected chi connectivity index (χ3v) is 3.23. The van der Waals surface area contributed by atoms with Gasteiger partial charge in [-0.05, 0) is 23.1 Å². The predicted octanol–water partition coefficient (Wildman–Crippen LogP) is 4.26. The largest absolute Gasteiger partial charge is 0.289 e. The maximum absolute atomic E-state index is 12.2. The molecule has 98 valence electrons. The van der Waals surface area contributed by atoms with E-state index in [0.29, 0.717) is 16.3 Å². The first-order chi connectivity index (χ1) is 8.88. The Bertz CT molecular complexity index is 580. The van der Waals surface area contributed by atoms with Crippen molar-refractivity contribution in [3.05, 3.63) is 64.4 Å².